The van der Waals surface area contributed by atoms with Gasteiger partial charge < -0.3 is 14.8 Å². The Bertz CT molecular complexity index is 698. The fourth-order valence-corrected chi connectivity index (χ4v) is 3.76. The van der Waals surface area contributed by atoms with Gasteiger partial charge in [-0.1, -0.05) is 0 Å². The molecule has 2 aromatic rings. The molecule has 0 radical (unpaired) electrons. The van der Waals surface area contributed by atoms with Crippen LogP contribution in [0.1, 0.15) is 43.3 Å². The SMILES string of the molecule is Cc1ccoc1C(=O)Nc1sc2c(c1C(=O)O)CCC2. The van der Waals surface area contributed by atoms with Crippen LogP contribution in [0.4, 0.5) is 5.00 Å². The highest BCUT2D eigenvalue weighted by Crippen LogP contribution is 2.39. The molecule has 0 spiro atoms. The van der Waals surface area contributed by atoms with Crippen LogP contribution < -0.4 is 5.32 Å². The smallest absolute Gasteiger partial charge is 0.339 e. The van der Waals surface area contributed by atoms with E-state index in [2.05, 4.69) is 5.32 Å². The van der Waals surface area contributed by atoms with Gasteiger partial charge in [-0.15, -0.1) is 11.3 Å². The third kappa shape index (κ3) is 2.02. The average Bonchev–Trinajstić information content (AvgIpc) is 3.03. The minimum Gasteiger partial charge on any atom is -0.478 e. The zero-order chi connectivity index (χ0) is 14.3. The Balaban J connectivity index is 1.94. The van der Waals surface area contributed by atoms with E-state index in [9.17, 15) is 14.7 Å². The second kappa shape index (κ2) is 4.79. The van der Waals surface area contributed by atoms with Gasteiger partial charge >= 0.3 is 5.97 Å². The molecule has 0 aromatic carbocycles. The van der Waals surface area contributed by atoms with Crippen LogP contribution in [0, 0.1) is 6.92 Å². The zero-order valence-electron chi connectivity index (χ0n) is 10.9. The Morgan fingerprint density at radius 3 is 2.85 bits per heavy atom. The van der Waals surface area contributed by atoms with Gasteiger partial charge in [0.15, 0.2) is 5.76 Å². The summed E-state index contributed by atoms with van der Waals surface area (Å²) in [6, 6.07) is 1.70. The highest BCUT2D eigenvalue weighted by molar-refractivity contribution is 7.17. The third-order valence-corrected chi connectivity index (χ3v) is 4.64. The molecule has 2 heterocycles. The van der Waals surface area contributed by atoms with Crippen molar-refractivity contribution >= 4 is 28.2 Å². The number of carboxylic acid groups (broad SMARTS) is 1. The summed E-state index contributed by atoms with van der Waals surface area (Å²) in [4.78, 5) is 24.6. The van der Waals surface area contributed by atoms with Gasteiger partial charge in [0, 0.05) is 10.4 Å². The fraction of sp³-hybridized carbons (Fsp3) is 0.286. The molecule has 20 heavy (non-hydrogen) atoms. The monoisotopic (exact) mass is 291 g/mol. The van der Waals surface area contributed by atoms with Crippen LogP contribution in [0.2, 0.25) is 0 Å². The van der Waals surface area contributed by atoms with Crippen LogP contribution in [0.15, 0.2) is 16.7 Å². The van der Waals surface area contributed by atoms with Crippen LogP contribution >= 0.6 is 11.3 Å². The minimum absolute atomic E-state index is 0.217. The molecule has 0 fully saturated rings. The number of aryl methyl sites for hydroxylation is 2. The third-order valence-electron chi connectivity index (χ3n) is 3.43. The molecule has 104 valence electrons. The molecule has 0 bridgehead atoms. The summed E-state index contributed by atoms with van der Waals surface area (Å²) in [5.74, 6) is -1.18. The van der Waals surface area contributed by atoms with E-state index in [0.29, 0.717) is 5.00 Å². The largest absolute Gasteiger partial charge is 0.478 e. The second-order valence-electron chi connectivity index (χ2n) is 4.75. The van der Waals surface area contributed by atoms with Crippen molar-refractivity contribution in [3.8, 4) is 0 Å². The first-order valence-electron chi connectivity index (χ1n) is 6.31. The molecular weight excluding hydrogens is 278 g/mol. The number of aromatic carboxylic acids is 1. The number of nitrogens with one attached hydrogen (secondary N) is 1. The molecule has 0 aliphatic heterocycles. The van der Waals surface area contributed by atoms with Gasteiger partial charge in [-0.25, -0.2) is 4.79 Å². The molecule has 1 amide bonds. The topological polar surface area (TPSA) is 79.5 Å². The van der Waals surface area contributed by atoms with E-state index in [1.165, 1.54) is 17.6 Å². The fourth-order valence-electron chi connectivity index (χ4n) is 2.48. The number of thiophene rings is 1. The lowest BCUT2D eigenvalue weighted by Gasteiger charge is -2.04. The number of amides is 1. The normalized spacial score (nSPS) is 13.2. The first-order chi connectivity index (χ1) is 9.58. The van der Waals surface area contributed by atoms with E-state index in [1.54, 1.807) is 13.0 Å². The van der Waals surface area contributed by atoms with E-state index in [0.717, 1.165) is 35.3 Å². The number of carboxylic acids is 1. The Kier molecular flexibility index (Phi) is 3.10. The Morgan fingerprint density at radius 1 is 1.40 bits per heavy atom. The van der Waals surface area contributed by atoms with Gasteiger partial charge in [0.1, 0.15) is 5.00 Å². The van der Waals surface area contributed by atoms with Gasteiger partial charge in [0.25, 0.3) is 5.91 Å². The molecule has 2 aromatic heterocycles. The molecule has 1 aliphatic carbocycles. The molecule has 5 nitrogen and oxygen atoms in total. The Labute approximate surface area is 119 Å². The van der Waals surface area contributed by atoms with Crippen LogP contribution in [-0.4, -0.2) is 17.0 Å². The molecule has 0 atom stereocenters. The summed E-state index contributed by atoms with van der Waals surface area (Å²) >= 11 is 1.35. The quantitative estimate of drug-likeness (QED) is 0.910. The summed E-state index contributed by atoms with van der Waals surface area (Å²) in [7, 11) is 0. The van der Waals surface area contributed by atoms with Crippen molar-refractivity contribution in [3.63, 3.8) is 0 Å². The number of fused-ring (bicyclic) bond motifs is 1. The van der Waals surface area contributed by atoms with Crippen LogP contribution in [0.3, 0.4) is 0 Å². The van der Waals surface area contributed by atoms with Crippen LogP contribution in [-0.2, 0) is 12.8 Å². The number of hydrogen-bond donors (Lipinski definition) is 2. The summed E-state index contributed by atoms with van der Waals surface area (Å²) in [5, 5.41) is 12.4. The summed E-state index contributed by atoms with van der Waals surface area (Å²) < 4.78 is 5.12. The van der Waals surface area contributed by atoms with Crippen molar-refractivity contribution in [3.05, 3.63) is 39.7 Å². The van der Waals surface area contributed by atoms with Gasteiger partial charge in [-0.05, 0) is 37.8 Å². The molecule has 0 unspecified atom stereocenters. The highest BCUT2D eigenvalue weighted by atomic mass is 32.1. The van der Waals surface area contributed by atoms with Crippen molar-refractivity contribution in [1.82, 2.24) is 0 Å². The second-order valence-corrected chi connectivity index (χ2v) is 5.86. The predicted octanol–water partition coefficient (Wildman–Crippen LogP) is 3.09. The van der Waals surface area contributed by atoms with Gasteiger partial charge in [-0.3, -0.25) is 4.79 Å². The van der Waals surface area contributed by atoms with Crippen molar-refractivity contribution in [2.45, 2.75) is 26.2 Å². The van der Waals surface area contributed by atoms with E-state index < -0.39 is 11.9 Å². The lowest BCUT2D eigenvalue weighted by Crippen LogP contribution is -2.14. The number of carbonyl (C=O) groups excluding carboxylic acids is 1. The van der Waals surface area contributed by atoms with Crippen molar-refractivity contribution < 1.29 is 19.1 Å². The number of hydrogen-bond acceptors (Lipinski definition) is 4. The number of anilines is 1. The number of rotatable bonds is 3. The van der Waals surface area contributed by atoms with Crippen LogP contribution in [0.25, 0.3) is 0 Å². The maximum absolute atomic E-state index is 12.1. The van der Waals surface area contributed by atoms with Crippen molar-refractivity contribution in [2.24, 2.45) is 0 Å². The Morgan fingerprint density at radius 2 is 2.20 bits per heavy atom. The molecule has 2 N–H and O–H groups in total. The molecule has 0 saturated carbocycles. The summed E-state index contributed by atoms with van der Waals surface area (Å²) in [5.41, 5.74) is 1.83. The van der Waals surface area contributed by atoms with Gasteiger partial charge in [-0.2, -0.15) is 0 Å². The highest BCUT2D eigenvalue weighted by Gasteiger charge is 2.27. The van der Waals surface area contributed by atoms with Crippen LogP contribution in [0.5, 0.6) is 0 Å². The average molecular weight is 291 g/mol. The van der Waals surface area contributed by atoms with Crippen molar-refractivity contribution in [2.75, 3.05) is 5.32 Å². The molecule has 1 aliphatic rings. The zero-order valence-corrected chi connectivity index (χ0v) is 11.7. The predicted molar refractivity (Wildman–Crippen MR) is 74.7 cm³/mol. The van der Waals surface area contributed by atoms with E-state index >= 15 is 0 Å². The molecule has 6 heteroatoms. The lowest BCUT2D eigenvalue weighted by molar-refractivity contribution is 0.0697. The van der Waals surface area contributed by atoms with Gasteiger partial charge in [0.05, 0.1) is 11.8 Å². The lowest BCUT2D eigenvalue weighted by atomic mass is 10.1. The van der Waals surface area contributed by atoms with Crippen molar-refractivity contribution in [1.29, 1.82) is 0 Å². The molecule has 3 rings (SSSR count). The Hall–Kier alpha value is -2.08. The van der Waals surface area contributed by atoms with E-state index in [4.69, 9.17) is 4.42 Å². The van der Waals surface area contributed by atoms with E-state index in [-0.39, 0.29) is 11.3 Å². The maximum atomic E-state index is 12.1. The maximum Gasteiger partial charge on any atom is 0.339 e. The van der Waals surface area contributed by atoms with E-state index in [1.807, 2.05) is 0 Å². The standard InChI is InChI=1S/C14H13NO4S/c1-7-5-6-19-11(7)12(16)15-13-10(14(17)18)8-3-2-4-9(8)20-13/h5-6H,2-4H2,1H3,(H,15,16)(H,17,18). The summed E-state index contributed by atoms with van der Waals surface area (Å²) in [6.45, 7) is 1.77. The first-order valence-corrected chi connectivity index (χ1v) is 7.13. The minimum atomic E-state index is -0.990. The number of furan rings is 1. The molecular formula is C14H13NO4S. The number of carbonyl (C=O) groups is 2. The first kappa shape index (κ1) is 12.9. The summed E-state index contributed by atoms with van der Waals surface area (Å²) in [6.07, 6.45) is 4.07. The molecule has 0 saturated heterocycles. The van der Waals surface area contributed by atoms with Gasteiger partial charge in [0.2, 0.25) is 0 Å².